The molecule has 0 fully saturated rings. The lowest BCUT2D eigenvalue weighted by Crippen LogP contribution is -2.15. The fourth-order valence-corrected chi connectivity index (χ4v) is 1.61. The summed E-state index contributed by atoms with van der Waals surface area (Å²) >= 11 is 0. The highest BCUT2D eigenvalue weighted by molar-refractivity contribution is 5.42. The van der Waals surface area contributed by atoms with Crippen LogP contribution in [0.5, 0.6) is 11.5 Å². The normalized spacial score (nSPS) is 10.5. The van der Waals surface area contributed by atoms with Gasteiger partial charge in [0.05, 0.1) is 13.7 Å². The largest absolute Gasteiger partial charge is 0.493 e. The number of aliphatic hydroxyl groups excluding tert-OH is 1. The molecule has 5 heteroatoms. The molecule has 1 aromatic rings. The van der Waals surface area contributed by atoms with Crippen molar-refractivity contribution in [3.8, 4) is 11.5 Å². The Morgan fingerprint density at radius 2 is 2.00 bits per heavy atom. The van der Waals surface area contributed by atoms with Gasteiger partial charge in [0, 0.05) is 20.3 Å². The van der Waals surface area contributed by atoms with E-state index in [9.17, 15) is 0 Å². The molecule has 0 saturated carbocycles. The highest BCUT2D eigenvalue weighted by Gasteiger charge is 2.05. The molecule has 1 aromatic carbocycles. The van der Waals surface area contributed by atoms with Crippen LogP contribution in [0.15, 0.2) is 18.2 Å². The fraction of sp³-hybridized carbons (Fsp3) is 0.571. The summed E-state index contributed by atoms with van der Waals surface area (Å²) in [5, 5.41) is 11.9. The third-order valence-electron chi connectivity index (χ3n) is 2.61. The predicted octanol–water partition coefficient (Wildman–Crippen LogP) is 1.19. The van der Waals surface area contributed by atoms with Crippen LogP contribution in [0.1, 0.15) is 12.0 Å². The van der Waals surface area contributed by atoms with Gasteiger partial charge in [0.1, 0.15) is 6.61 Å². The van der Waals surface area contributed by atoms with Crippen LogP contribution in [0, 0.1) is 0 Å². The molecule has 2 N–H and O–H groups in total. The molecule has 0 atom stereocenters. The lowest BCUT2D eigenvalue weighted by molar-refractivity contribution is 0.144. The number of ether oxygens (including phenoxy) is 3. The monoisotopic (exact) mass is 269 g/mol. The van der Waals surface area contributed by atoms with Crippen LogP contribution >= 0.6 is 0 Å². The van der Waals surface area contributed by atoms with Gasteiger partial charge in [-0.1, -0.05) is 6.07 Å². The van der Waals surface area contributed by atoms with E-state index in [4.69, 9.17) is 19.3 Å². The van der Waals surface area contributed by atoms with Crippen molar-refractivity contribution in [3.05, 3.63) is 23.8 Å². The van der Waals surface area contributed by atoms with E-state index < -0.39 is 0 Å². The molecule has 0 aromatic heterocycles. The number of nitrogens with one attached hydrogen (secondary N) is 1. The molecular weight excluding hydrogens is 246 g/mol. The van der Waals surface area contributed by atoms with E-state index in [0.29, 0.717) is 13.2 Å². The summed E-state index contributed by atoms with van der Waals surface area (Å²) < 4.78 is 15.8. The third-order valence-corrected chi connectivity index (χ3v) is 2.61. The maximum atomic E-state index is 8.70. The van der Waals surface area contributed by atoms with Gasteiger partial charge in [-0.05, 0) is 30.7 Å². The minimum absolute atomic E-state index is 0.211. The lowest BCUT2D eigenvalue weighted by Gasteiger charge is -2.12. The Bertz CT molecular complexity index is 357. The Kier molecular flexibility index (Phi) is 7.97. The number of methoxy groups -OCH3 is 2. The summed E-state index contributed by atoms with van der Waals surface area (Å²) in [7, 11) is 3.27. The summed E-state index contributed by atoms with van der Waals surface area (Å²) in [6, 6.07) is 5.85. The summed E-state index contributed by atoms with van der Waals surface area (Å²) in [6.07, 6.45) is 0.759. The van der Waals surface area contributed by atoms with Crippen molar-refractivity contribution in [2.75, 3.05) is 40.6 Å². The van der Waals surface area contributed by atoms with Crippen LogP contribution in [0.3, 0.4) is 0 Å². The van der Waals surface area contributed by atoms with E-state index in [2.05, 4.69) is 5.32 Å². The van der Waals surface area contributed by atoms with E-state index >= 15 is 0 Å². The second-order valence-electron chi connectivity index (χ2n) is 4.08. The lowest BCUT2D eigenvalue weighted by atomic mass is 10.2. The molecular formula is C14H23NO4. The van der Waals surface area contributed by atoms with Gasteiger partial charge >= 0.3 is 0 Å². The number of rotatable bonds is 10. The summed E-state index contributed by atoms with van der Waals surface area (Å²) in [5.41, 5.74) is 1.12. The van der Waals surface area contributed by atoms with Crippen molar-refractivity contribution in [2.24, 2.45) is 0 Å². The van der Waals surface area contributed by atoms with E-state index in [1.54, 1.807) is 14.2 Å². The second kappa shape index (κ2) is 9.61. The Labute approximate surface area is 114 Å². The quantitative estimate of drug-likeness (QED) is 0.625. The maximum absolute atomic E-state index is 8.70. The highest BCUT2D eigenvalue weighted by Crippen LogP contribution is 2.27. The van der Waals surface area contributed by atoms with Gasteiger partial charge in [0.15, 0.2) is 11.5 Å². The summed E-state index contributed by atoms with van der Waals surface area (Å²) in [5.74, 6) is 1.44. The zero-order valence-corrected chi connectivity index (χ0v) is 11.6. The molecule has 0 spiro atoms. The first-order chi connectivity index (χ1) is 9.31. The van der Waals surface area contributed by atoms with Crippen molar-refractivity contribution < 1.29 is 19.3 Å². The van der Waals surface area contributed by atoms with E-state index in [0.717, 1.165) is 36.6 Å². The Hall–Kier alpha value is -1.30. The molecule has 0 aliphatic heterocycles. The van der Waals surface area contributed by atoms with Crippen LogP contribution < -0.4 is 14.8 Å². The first-order valence-corrected chi connectivity index (χ1v) is 6.42. The minimum Gasteiger partial charge on any atom is -0.493 e. The standard InChI is InChI=1S/C14H23NO4/c1-17-8-9-19-13-5-4-12(10-14(13)18-2)11-15-6-3-7-16/h4-5,10,15-16H,3,6-9,11H2,1-2H3. The molecule has 0 aliphatic rings. The van der Waals surface area contributed by atoms with Gasteiger partial charge in [-0.25, -0.2) is 0 Å². The predicted molar refractivity (Wildman–Crippen MR) is 73.8 cm³/mol. The first kappa shape index (κ1) is 15.8. The molecule has 1 rings (SSSR count). The Balaban J connectivity index is 2.51. The average Bonchev–Trinajstić information content (AvgIpc) is 2.45. The van der Waals surface area contributed by atoms with Crippen molar-refractivity contribution in [1.82, 2.24) is 5.32 Å². The van der Waals surface area contributed by atoms with Gasteiger partial charge < -0.3 is 24.6 Å². The first-order valence-electron chi connectivity index (χ1n) is 6.42. The van der Waals surface area contributed by atoms with Crippen molar-refractivity contribution in [2.45, 2.75) is 13.0 Å². The molecule has 0 amide bonds. The maximum Gasteiger partial charge on any atom is 0.161 e. The van der Waals surface area contributed by atoms with Crippen molar-refractivity contribution in [3.63, 3.8) is 0 Å². The average molecular weight is 269 g/mol. The Morgan fingerprint density at radius 3 is 2.68 bits per heavy atom. The van der Waals surface area contributed by atoms with Gasteiger partial charge in [-0.2, -0.15) is 0 Å². The van der Waals surface area contributed by atoms with E-state index in [-0.39, 0.29) is 6.61 Å². The molecule has 19 heavy (non-hydrogen) atoms. The highest BCUT2D eigenvalue weighted by atomic mass is 16.5. The Morgan fingerprint density at radius 1 is 1.16 bits per heavy atom. The van der Waals surface area contributed by atoms with Gasteiger partial charge in [0.25, 0.3) is 0 Å². The number of benzene rings is 1. The van der Waals surface area contributed by atoms with Crippen molar-refractivity contribution >= 4 is 0 Å². The molecule has 0 unspecified atom stereocenters. The van der Waals surface area contributed by atoms with Gasteiger partial charge in [-0.3, -0.25) is 0 Å². The SMILES string of the molecule is COCCOc1ccc(CNCCCO)cc1OC. The van der Waals surface area contributed by atoms with Crippen LogP contribution in [0.25, 0.3) is 0 Å². The number of hydrogen-bond donors (Lipinski definition) is 2. The van der Waals surface area contributed by atoms with Crippen LogP contribution in [-0.2, 0) is 11.3 Å². The molecule has 0 radical (unpaired) electrons. The zero-order valence-electron chi connectivity index (χ0n) is 11.6. The van der Waals surface area contributed by atoms with Crippen LogP contribution in [0.4, 0.5) is 0 Å². The second-order valence-corrected chi connectivity index (χ2v) is 4.08. The van der Waals surface area contributed by atoms with E-state index in [1.165, 1.54) is 0 Å². The van der Waals surface area contributed by atoms with Gasteiger partial charge in [0.2, 0.25) is 0 Å². The number of hydrogen-bond acceptors (Lipinski definition) is 5. The molecule has 0 saturated heterocycles. The van der Waals surface area contributed by atoms with Crippen molar-refractivity contribution in [1.29, 1.82) is 0 Å². The van der Waals surface area contributed by atoms with Crippen LogP contribution in [-0.4, -0.2) is 45.7 Å². The summed E-state index contributed by atoms with van der Waals surface area (Å²) in [6.45, 7) is 2.80. The minimum atomic E-state index is 0.211. The smallest absolute Gasteiger partial charge is 0.161 e. The fourth-order valence-electron chi connectivity index (χ4n) is 1.61. The molecule has 5 nitrogen and oxygen atoms in total. The topological polar surface area (TPSA) is 60.0 Å². The molecule has 0 heterocycles. The third kappa shape index (κ3) is 5.92. The zero-order chi connectivity index (χ0) is 13.9. The van der Waals surface area contributed by atoms with E-state index in [1.807, 2.05) is 18.2 Å². The molecule has 0 aliphatic carbocycles. The van der Waals surface area contributed by atoms with Gasteiger partial charge in [-0.15, -0.1) is 0 Å². The van der Waals surface area contributed by atoms with Crippen LogP contribution in [0.2, 0.25) is 0 Å². The number of aliphatic hydroxyl groups is 1. The summed E-state index contributed by atoms with van der Waals surface area (Å²) in [4.78, 5) is 0. The molecule has 0 bridgehead atoms. The molecule has 108 valence electrons.